The molecule has 0 spiro atoms. The Morgan fingerprint density at radius 3 is 2.32 bits per heavy atom. The van der Waals surface area contributed by atoms with E-state index in [0.29, 0.717) is 13.0 Å². The minimum Gasteiger partial charge on any atom is -0.497 e. The van der Waals surface area contributed by atoms with Crippen LogP contribution in [0.5, 0.6) is 5.75 Å². The van der Waals surface area contributed by atoms with E-state index >= 15 is 0 Å². The van der Waals surface area contributed by atoms with Gasteiger partial charge >= 0.3 is 10.2 Å². The number of hydrogen-bond acceptors (Lipinski definition) is 4. The van der Waals surface area contributed by atoms with Gasteiger partial charge in [-0.15, -0.1) is 0 Å². The third kappa shape index (κ3) is 5.43. The second-order valence-electron chi connectivity index (χ2n) is 6.20. The molecule has 0 unspecified atom stereocenters. The average molecular weight is 409 g/mol. The number of hydrogen-bond donors (Lipinski definition) is 1. The summed E-state index contributed by atoms with van der Waals surface area (Å²) in [4.78, 5) is 12.3. The molecule has 0 saturated heterocycles. The van der Waals surface area contributed by atoms with Gasteiger partial charge in [-0.25, -0.2) is 8.70 Å². The van der Waals surface area contributed by atoms with Crippen molar-refractivity contribution in [1.29, 1.82) is 0 Å². The number of nitrogens with one attached hydrogen (secondary N) is 1. The molecule has 1 amide bonds. The SMILES string of the molecule is COc1ccc(CCNC(=O)CN(c2ccccc2F)S(=O)(=O)N(C)C)cc1. The number of methoxy groups -OCH3 is 1. The van der Waals surface area contributed by atoms with Crippen LogP contribution in [0, 0.1) is 5.82 Å². The van der Waals surface area contributed by atoms with Crippen LogP contribution < -0.4 is 14.4 Å². The topological polar surface area (TPSA) is 79.0 Å². The highest BCUT2D eigenvalue weighted by atomic mass is 32.2. The van der Waals surface area contributed by atoms with Crippen LogP contribution >= 0.6 is 0 Å². The maximum absolute atomic E-state index is 14.2. The first-order chi connectivity index (χ1) is 13.3. The summed E-state index contributed by atoms with van der Waals surface area (Å²) in [6.07, 6.45) is 0.565. The fourth-order valence-electron chi connectivity index (χ4n) is 2.47. The number of para-hydroxylation sites is 1. The maximum Gasteiger partial charge on any atom is 0.304 e. The predicted octanol–water partition coefficient (Wildman–Crippen LogP) is 1.81. The van der Waals surface area contributed by atoms with Crippen LogP contribution in [0.4, 0.5) is 10.1 Å². The van der Waals surface area contributed by atoms with Gasteiger partial charge in [0.25, 0.3) is 0 Å². The van der Waals surface area contributed by atoms with Gasteiger partial charge in [-0.2, -0.15) is 12.7 Å². The molecule has 0 aliphatic heterocycles. The molecular formula is C19H24FN3O4S. The Morgan fingerprint density at radius 2 is 1.75 bits per heavy atom. The summed E-state index contributed by atoms with van der Waals surface area (Å²) in [6, 6.07) is 12.8. The van der Waals surface area contributed by atoms with E-state index in [9.17, 15) is 17.6 Å². The molecule has 0 heterocycles. The summed E-state index contributed by atoms with van der Waals surface area (Å²) in [5, 5.41) is 2.67. The quantitative estimate of drug-likeness (QED) is 0.685. The number of benzene rings is 2. The molecule has 1 N–H and O–H groups in total. The zero-order chi connectivity index (χ0) is 20.7. The molecule has 9 heteroatoms. The van der Waals surface area contributed by atoms with Gasteiger partial charge in [-0.3, -0.25) is 4.79 Å². The van der Waals surface area contributed by atoms with Crippen molar-refractivity contribution in [3.63, 3.8) is 0 Å². The van der Waals surface area contributed by atoms with E-state index in [1.54, 1.807) is 7.11 Å². The van der Waals surface area contributed by atoms with E-state index in [2.05, 4.69) is 5.32 Å². The lowest BCUT2D eigenvalue weighted by atomic mass is 10.1. The Balaban J connectivity index is 2.05. The van der Waals surface area contributed by atoms with E-state index in [-0.39, 0.29) is 5.69 Å². The number of anilines is 1. The van der Waals surface area contributed by atoms with E-state index in [1.807, 2.05) is 24.3 Å². The summed E-state index contributed by atoms with van der Waals surface area (Å²) >= 11 is 0. The van der Waals surface area contributed by atoms with Crippen LogP contribution in [0.15, 0.2) is 48.5 Å². The Kier molecular flexibility index (Phi) is 7.36. The van der Waals surface area contributed by atoms with Crippen molar-refractivity contribution >= 4 is 21.8 Å². The van der Waals surface area contributed by atoms with Gasteiger partial charge in [-0.1, -0.05) is 24.3 Å². The largest absolute Gasteiger partial charge is 0.497 e. The summed E-state index contributed by atoms with van der Waals surface area (Å²) in [7, 11) is 0.187. The van der Waals surface area contributed by atoms with Crippen molar-refractivity contribution in [3.8, 4) is 5.75 Å². The Morgan fingerprint density at radius 1 is 1.11 bits per heavy atom. The second-order valence-corrected chi connectivity index (χ2v) is 8.26. The molecule has 152 valence electrons. The van der Waals surface area contributed by atoms with Gasteiger partial charge in [0.2, 0.25) is 5.91 Å². The van der Waals surface area contributed by atoms with Gasteiger partial charge < -0.3 is 10.1 Å². The molecule has 0 aromatic heterocycles. The molecule has 2 rings (SSSR count). The van der Waals surface area contributed by atoms with Gasteiger partial charge in [0, 0.05) is 20.6 Å². The van der Waals surface area contributed by atoms with E-state index in [4.69, 9.17) is 4.74 Å². The van der Waals surface area contributed by atoms with Crippen molar-refractivity contribution in [2.75, 3.05) is 38.6 Å². The third-order valence-electron chi connectivity index (χ3n) is 4.04. The van der Waals surface area contributed by atoms with Crippen LogP contribution in [0.2, 0.25) is 0 Å². The molecule has 0 aliphatic rings. The Bertz CT molecular complexity index is 902. The Hall–Kier alpha value is -2.65. The highest BCUT2D eigenvalue weighted by Crippen LogP contribution is 2.22. The molecule has 7 nitrogen and oxygen atoms in total. The Labute approximate surface area is 164 Å². The number of nitrogens with zero attached hydrogens (tertiary/aromatic N) is 2. The average Bonchev–Trinajstić information content (AvgIpc) is 2.67. The molecule has 0 atom stereocenters. The van der Waals surface area contributed by atoms with Crippen molar-refractivity contribution in [3.05, 3.63) is 59.9 Å². The molecule has 0 saturated carbocycles. The molecule has 0 fully saturated rings. The van der Waals surface area contributed by atoms with Gasteiger partial charge in [0.1, 0.15) is 18.1 Å². The van der Waals surface area contributed by atoms with Crippen LogP contribution in [-0.4, -0.2) is 52.9 Å². The number of carbonyl (C=O) groups is 1. The van der Waals surface area contributed by atoms with Gasteiger partial charge in [-0.05, 0) is 36.2 Å². The van der Waals surface area contributed by atoms with Gasteiger partial charge in [0.15, 0.2) is 0 Å². The van der Waals surface area contributed by atoms with E-state index in [1.165, 1.54) is 32.3 Å². The van der Waals surface area contributed by atoms with Crippen molar-refractivity contribution in [2.45, 2.75) is 6.42 Å². The lowest BCUT2D eigenvalue weighted by molar-refractivity contribution is -0.119. The van der Waals surface area contributed by atoms with E-state index in [0.717, 1.165) is 26.0 Å². The van der Waals surface area contributed by atoms with Crippen LogP contribution in [0.1, 0.15) is 5.56 Å². The highest BCUT2D eigenvalue weighted by molar-refractivity contribution is 7.90. The van der Waals surface area contributed by atoms with Crippen LogP contribution in [0.25, 0.3) is 0 Å². The monoisotopic (exact) mass is 409 g/mol. The highest BCUT2D eigenvalue weighted by Gasteiger charge is 2.29. The minimum absolute atomic E-state index is 0.179. The molecular weight excluding hydrogens is 385 g/mol. The molecule has 28 heavy (non-hydrogen) atoms. The number of ether oxygens (including phenoxy) is 1. The fourth-order valence-corrected chi connectivity index (χ4v) is 3.54. The number of rotatable bonds is 9. The third-order valence-corrected chi connectivity index (χ3v) is 5.85. The first kappa shape index (κ1) is 21.6. The minimum atomic E-state index is -4.04. The second kappa shape index (κ2) is 9.52. The molecule has 2 aromatic carbocycles. The zero-order valence-electron chi connectivity index (χ0n) is 16.1. The van der Waals surface area contributed by atoms with Crippen LogP contribution in [-0.2, 0) is 21.4 Å². The lowest BCUT2D eigenvalue weighted by Crippen LogP contribution is -2.46. The molecule has 0 radical (unpaired) electrons. The van der Waals surface area contributed by atoms with Crippen molar-refractivity contribution < 1.29 is 22.3 Å². The summed E-state index contributed by atoms with van der Waals surface area (Å²) < 4.78 is 46.1. The summed E-state index contributed by atoms with van der Waals surface area (Å²) in [6.45, 7) is -0.206. The summed E-state index contributed by atoms with van der Waals surface area (Å²) in [5.74, 6) is -0.511. The normalized spacial score (nSPS) is 11.3. The van der Waals surface area contributed by atoms with E-state index < -0.39 is 28.5 Å². The standard InChI is InChI=1S/C19H24FN3O4S/c1-22(2)28(25,26)23(18-7-5-4-6-17(18)20)14-19(24)21-13-12-15-8-10-16(27-3)11-9-15/h4-11H,12-14H2,1-3H3,(H,21,24). The molecule has 0 bridgehead atoms. The summed E-state index contributed by atoms with van der Waals surface area (Å²) in [5.41, 5.74) is 0.814. The smallest absolute Gasteiger partial charge is 0.304 e. The maximum atomic E-state index is 14.2. The van der Waals surface area contributed by atoms with Crippen molar-refractivity contribution in [1.82, 2.24) is 9.62 Å². The fraction of sp³-hybridized carbons (Fsp3) is 0.316. The van der Waals surface area contributed by atoms with Crippen LogP contribution in [0.3, 0.4) is 0 Å². The first-order valence-electron chi connectivity index (χ1n) is 8.60. The number of halogens is 1. The first-order valence-corrected chi connectivity index (χ1v) is 9.99. The lowest BCUT2D eigenvalue weighted by Gasteiger charge is -2.27. The molecule has 2 aromatic rings. The molecule has 0 aliphatic carbocycles. The number of carbonyl (C=O) groups excluding carboxylic acids is 1. The zero-order valence-corrected chi connectivity index (χ0v) is 16.9. The van der Waals surface area contributed by atoms with Gasteiger partial charge in [0.05, 0.1) is 12.8 Å². The van der Waals surface area contributed by atoms with Crippen molar-refractivity contribution in [2.24, 2.45) is 0 Å². The predicted molar refractivity (Wildman–Crippen MR) is 106 cm³/mol. The number of amides is 1.